The number of rotatable bonds is 4. The average Bonchev–Trinajstić information content (AvgIpc) is 3.08. The average molecular weight is 374 g/mol. The Hall–Kier alpha value is -2.44. The molecule has 0 spiro atoms. The molecule has 128 valence electrons. The molecule has 1 aromatic carbocycles. The fraction of sp³-hybridized carbons (Fsp3) is 0.167. The molecule has 0 radical (unpaired) electrons. The van der Waals surface area contributed by atoms with Gasteiger partial charge in [0.25, 0.3) is 11.5 Å². The quantitative estimate of drug-likeness (QED) is 0.759. The first-order valence-electron chi connectivity index (χ1n) is 7.65. The van der Waals surface area contributed by atoms with Crippen LogP contribution < -0.4 is 10.9 Å². The monoisotopic (exact) mass is 373 g/mol. The van der Waals surface area contributed by atoms with Crippen LogP contribution >= 0.6 is 22.9 Å². The van der Waals surface area contributed by atoms with Crippen LogP contribution in [-0.2, 0) is 7.05 Å². The highest BCUT2D eigenvalue weighted by Crippen LogP contribution is 2.32. The van der Waals surface area contributed by atoms with E-state index in [9.17, 15) is 9.59 Å². The van der Waals surface area contributed by atoms with E-state index in [1.165, 1.54) is 19.2 Å². The normalized spacial score (nSPS) is 12.0. The second kappa shape index (κ2) is 7.21. The summed E-state index contributed by atoms with van der Waals surface area (Å²) >= 11 is 7.53. The lowest BCUT2D eigenvalue weighted by Crippen LogP contribution is -2.30. The first-order valence-corrected chi connectivity index (χ1v) is 8.84. The zero-order valence-electron chi connectivity index (χ0n) is 13.7. The van der Waals surface area contributed by atoms with Crippen molar-refractivity contribution in [3.63, 3.8) is 0 Å². The van der Waals surface area contributed by atoms with E-state index in [-0.39, 0.29) is 23.2 Å². The molecule has 1 atom stereocenters. The third-order valence-electron chi connectivity index (χ3n) is 3.72. The van der Waals surface area contributed by atoms with E-state index in [1.807, 2.05) is 43.3 Å². The largest absolute Gasteiger partial charge is 0.343 e. The Morgan fingerprint density at radius 3 is 2.56 bits per heavy atom. The number of hydrogen-bond acceptors (Lipinski definition) is 4. The summed E-state index contributed by atoms with van der Waals surface area (Å²) < 4.78 is 1.14. The van der Waals surface area contributed by atoms with Gasteiger partial charge in [0.1, 0.15) is 5.69 Å². The highest BCUT2D eigenvalue weighted by atomic mass is 35.5. The Kier molecular flexibility index (Phi) is 5.01. The molecule has 5 nitrogen and oxygen atoms in total. The lowest BCUT2D eigenvalue weighted by Gasteiger charge is -2.12. The van der Waals surface area contributed by atoms with Gasteiger partial charge < -0.3 is 5.32 Å². The minimum Gasteiger partial charge on any atom is -0.343 e. The molecular weight excluding hydrogens is 358 g/mol. The highest BCUT2D eigenvalue weighted by Gasteiger charge is 2.15. The first kappa shape index (κ1) is 17.4. The summed E-state index contributed by atoms with van der Waals surface area (Å²) in [4.78, 5) is 25.8. The van der Waals surface area contributed by atoms with Crippen LogP contribution in [0.4, 0.5) is 0 Å². The van der Waals surface area contributed by atoms with Crippen LogP contribution in [0.2, 0.25) is 5.02 Å². The topological polar surface area (TPSA) is 64.0 Å². The molecule has 0 aliphatic carbocycles. The Morgan fingerprint density at radius 2 is 1.88 bits per heavy atom. The minimum atomic E-state index is -0.315. The maximum atomic E-state index is 12.3. The van der Waals surface area contributed by atoms with Crippen LogP contribution in [0.1, 0.15) is 28.3 Å². The number of thiophene rings is 1. The Morgan fingerprint density at radius 1 is 1.16 bits per heavy atom. The molecule has 0 aliphatic rings. The minimum absolute atomic E-state index is 0.169. The highest BCUT2D eigenvalue weighted by molar-refractivity contribution is 7.15. The van der Waals surface area contributed by atoms with Crippen molar-refractivity contribution in [2.45, 2.75) is 13.0 Å². The summed E-state index contributed by atoms with van der Waals surface area (Å²) in [5.74, 6) is -0.315. The van der Waals surface area contributed by atoms with Gasteiger partial charge in [-0.15, -0.1) is 11.3 Å². The maximum absolute atomic E-state index is 12.3. The molecule has 0 saturated carbocycles. The molecule has 1 amide bonds. The van der Waals surface area contributed by atoms with Crippen LogP contribution in [0.5, 0.6) is 0 Å². The van der Waals surface area contributed by atoms with Crippen molar-refractivity contribution >= 4 is 28.8 Å². The number of benzene rings is 1. The van der Waals surface area contributed by atoms with Crippen molar-refractivity contribution < 1.29 is 4.79 Å². The number of aromatic nitrogens is 2. The Balaban J connectivity index is 1.74. The molecule has 0 fully saturated rings. The van der Waals surface area contributed by atoms with E-state index < -0.39 is 0 Å². The molecular formula is C18H16ClN3O2S. The zero-order valence-corrected chi connectivity index (χ0v) is 15.3. The van der Waals surface area contributed by atoms with Gasteiger partial charge in [0, 0.05) is 27.9 Å². The van der Waals surface area contributed by atoms with E-state index in [2.05, 4.69) is 10.4 Å². The third-order valence-corrected chi connectivity index (χ3v) is 5.29. The smallest absolute Gasteiger partial charge is 0.272 e. The lowest BCUT2D eigenvalue weighted by molar-refractivity contribution is 0.0933. The fourth-order valence-electron chi connectivity index (χ4n) is 2.32. The number of nitrogens with one attached hydrogen (secondary N) is 1. The number of amides is 1. The summed E-state index contributed by atoms with van der Waals surface area (Å²) in [6.07, 6.45) is 0. The van der Waals surface area contributed by atoms with Gasteiger partial charge in [0.2, 0.25) is 0 Å². The summed E-state index contributed by atoms with van der Waals surface area (Å²) in [6, 6.07) is 14.3. The van der Waals surface area contributed by atoms with Gasteiger partial charge in [-0.1, -0.05) is 23.7 Å². The molecule has 3 aromatic rings. The molecule has 1 N–H and O–H groups in total. The second-order valence-electron chi connectivity index (χ2n) is 5.58. The van der Waals surface area contributed by atoms with Crippen LogP contribution in [0.15, 0.2) is 53.3 Å². The first-order chi connectivity index (χ1) is 11.9. The summed E-state index contributed by atoms with van der Waals surface area (Å²) in [5, 5.41) is 7.57. The molecule has 25 heavy (non-hydrogen) atoms. The molecule has 7 heteroatoms. The lowest BCUT2D eigenvalue weighted by atomic mass is 10.2. The van der Waals surface area contributed by atoms with Gasteiger partial charge in [-0.3, -0.25) is 9.59 Å². The molecule has 0 unspecified atom stereocenters. The van der Waals surface area contributed by atoms with Gasteiger partial charge >= 0.3 is 0 Å². The van der Waals surface area contributed by atoms with Gasteiger partial charge in [0.15, 0.2) is 0 Å². The maximum Gasteiger partial charge on any atom is 0.272 e. The van der Waals surface area contributed by atoms with Crippen molar-refractivity contribution in [2.75, 3.05) is 0 Å². The number of nitrogens with zero attached hydrogens (tertiary/aromatic N) is 2. The van der Waals surface area contributed by atoms with E-state index in [0.29, 0.717) is 5.02 Å². The molecule has 0 bridgehead atoms. The fourth-order valence-corrected chi connectivity index (χ4v) is 3.46. The van der Waals surface area contributed by atoms with E-state index >= 15 is 0 Å². The molecule has 2 aromatic heterocycles. The molecule has 0 saturated heterocycles. The van der Waals surface area contributed by atoms with Crippen LogP contribution in [-0.4, -0.2) is 15.7 Å². The van der Waals surface area contributed by atoms with E-state index in [4.69, 9.17) is 11.6 Å². The predicted octanol–water partition coefficient (Wildman–Crippen LogP) is 3.65. The van der Waals surface area contributed by atoms with Gasteiger partial charge in [-0.25, -0.2) is 4.68 Å². The number of halogens is 1. The number of carbonyl (C=O) groups is 1. The molecule has 2 heterocycles. The van der Waals surface area contributed by atoms with Crippen molar-refractivity contribution in [1.29, 1.82) is 0 Å². The Labute approximate surface area is 153 Å². The van der Waals surface area contributed by atoms with E-state index in [0.717, 1.165) is 20.0 Å². The van der Waals surface area contributed by atoms with Gasteiger partial charge in [0.05, 0.1) is 6.04 Å². The van der Waals surface area contributed by atoms with Crippen LogP contribution in [0.3, 0.4) is 0 Å². The van der Waals surface area contributed by atoms with Crippen molar-refractivity contribution in [3.8, 4) is 10.4 Å². The van der Waals surface area contributed by atoms with Gasteiger partial charge in [-0.2, -0.15) is 5.10 Å². The van der Waals surface area contributed by atoms with Crippen molar-refractivity contribution in [3.05, 3.63) is 74.5 Å². The van der Waals surface area contributed by atoms with Crippen molar-refractivity contribution in [2.24, 2.45) is 7.05 Å². The predicted molar refractivity (Wildman–Crippen MR) is 100 cm³/mol. The summed E-state index contributed by atoms with van der Waals surface area (Å²) in [7, 11) is 1.51. The van der Waals surface area contributed by atoms with Crippen molar-refractivity contribution in [1.82, 2.24) is 15.1 Å². The number of aryl methyl sites for hydroxylation is 1. The van der Waals surface area contributed by atoms with E-state index in [1.54, 1.807) is 11.3 Å². The molecule has 0 aliphatic heterocycles. The zero-order chi connectivity index (χ0) is 18.0. The second-order valence-corrected chi connectivity index (χ2v) is 7.14. The molecule has 3 rings (SSSR count). The number of hydrogen-bond donors (Lipinski definition) is 1. The van der Waals surface area contributed by atoms with Crippen LogP contribution in [0.25, 0.3) is 10.4 Å². The summed E-state index contributed by atoms with van der Waals surface area (Å²) in [5.41, 5.74) is 1.04. The standard InChI is InChI=1S/C18H16ClN3O2S/c1-11(20-18(24)14-7-10-17(23)22(2)21-14)15-8-9-16(25-15)12-3-5-13(19)6-4-12/h3-11H,1-2H3,(H,20,24)/t11-/m1/s1. The SMILES string of the molecule is C[C@@H](NC(=O)c1ccc(=O)n(C)n1)c1ccc(-c2ccc(Cl)cc2)s1. The van der Waals surface area contributed by atoms with Gasteiger partial charge in [-0.05, 0) is 42.8 Å². The summed E-state index contributed by atoms with van der Waals surface area (Å²) in [6.45, 7) is 1.91. The van der Waals surface area contributed by atoms with Crippen LogP contribution in [0, 0.1) is 0 Å². The third kappa shape index (κ3) is 3.97. The number of carbonyl (C=O) groups excluding carboxylic acids is 1. The Bertz CT molecular complexity index is 963.